The number of hydrogen-bond donors (Lipinski definition) is 3. The van der Waals surface area contributed by atoms with Crippen molar-refractivity contribution in [2.45, 2.75) is 64.2 Å². The fraction of sp³-hybridized carbons (Fsp3) is 0.619. The van der Waals surface area contributed by atoms with Gasteiger partial charge in [-0.05, 0) is 39.7 Å². The zero-order valence-electron chi connectivity index (χ0n) is 17.8. The molecule has 8 heteroatoms. The van der Waals surface area contributed by atoms with E-state index in [9.17, 15) is 9.59 Å². The first-order valence-electron chi connectivity index (χ1n) is 9.98. The number of ether oxygens (including phenoxy) is 3. The number of alkyl carbamates (subject to hydrolysis) is 1. The SMILES string of the molecule is CCOC(CCCNC(=O)[C@@H](NC(=O)OCc1ccccc1)C(C)(C)S)OCC. The van der Waals surface area contributed by atoms with Crippen LogP contribution < -0.4 is 10.6 Å². The summed E-state index contributed by atoms with van der Waals surface area (Å²) in [6.45, 7) is 9.06. The van der Waals surface area contributed by atoms with Gasteiger partial charge < -0.3 is 24.8 Å². The zero-order chi connectivity index (χ0) is 21.7. The van der Waals surface area contributed by atoms with Crippen LogP contribution in [0.4, 0.5) is 4.79 Å². The van der Waals surface area contributed by atoms with Gasteiger partial charge in [-0.1, -0.05) is 30.3 Å². The minimum Gasteiger partial charge on any atom is -0.445 e. The van der Waals surface area contributed by atoms with Gasteiger partial charge in [-0.25, -0.2) is 4.79 Å². The molecule has 1 aromatic rings. The van der Waals surface area contributed by atoms with Crippen LogP contribution in [-0.2, 0) is 25.6 Å². The van der Waals surface area contributed by atoms with Crippen molar-refractivity contribution in [2.24, 2.45) is 0 Å². The summed E-state index contributed by atoms with van der Waals surface area (Å²) < 4.78 is 15.4. The number of nitrogens with one attached hydrogen (secondary N) is 2. The van der Waals surface area contributed by atoms with Crippen LogP contribution in [0.1, 0.15) is 46.1 Å². The molecule has 0 aliphatic heterocycles. The van der Waals surface area contributed by atoms with Crippen LogP contribution in [0.5, 0.6) is 0 Å². The Balaban J connectivity index is 2.48. The summed E-state index contributed by atoms with van der Waals surface area (Å²) in [6, 6.07) is 8.49. The lowest BCUT2D eigenvalue weighted by atomic mass is 10.0. The van der Waals surface area contributed by atoms with E-state index in [4.69, 9.17) is 14.2 Å². The second-order valence-corrected chi connectivity index (χ2v) is 8.22. The quantitative estimate of drug-likeness (QED) is 0.256. The Bertz CT molecular complexity index is 601. The molecule has 0 aliphatic carbocycles. The molecule has 1 aromatic carbocycles. The van der Waals surface area contributed by atoms with E-state index in [1.807, 2.05) is 44.2 Å². The third-order valence-electron chi connectivity index (χ3n) is 4.06. The minimum atomic E-state index is -0.844. The maximum atomic E-state index is 12.6. The molecule has 1 atom stereocenters. The molecule has 164 valence electrons. The molecule has 2 N–H and O–H groups in total. The van der Waals surface area contributed by atoms with E-state index in [1.165, 1.54) is 0 Å². The lowest BCUT2D eigenvalue weighted by molar-refractivity contribution is -0.140. The second kappa shape index (κ2) is 13.5. The van der Waals surface area contributed by atoms with Gasteiger partial charge in [0.1, 0.15) is 12.6 Å². The molecule has 29 heavy (non-hydrogen) atoms. The zero-order valence-corrected chi connectivity index (χ0v) is 18.7. The molecule has 0 aliphatic rings. The number of benzene rings is 1. The van der Waals surface area contributed by atoms with Gasteiger partial charge in [-0.3, -0.25) is 4.79 Å². The summed E-state index contributed by atoms with van der Waals surface area (Å²) >= 11 is 4.46. The van der Waals surface area contributed by atoms with E-state index >= 15 is 0 Å². The summed E-state index contributed by atoms with van der Waals surface area (Å²) in [5.41, 5.74) is 0.868. The molecule has 2 amide bonds. The Hall–Kier alpha value is -1.77. The molecule has 0 saturated heterocycles. The van der Waals surface area contributed by atoms with Crippen LogP contribution in [0.15, 0.2) is 30.3 Å². The Morgan fingerprint density at radius 1 is 1.10 bits per heavy atom. The van der Waals surface area contributed by atoms with Gasteiger partial charge in [0.05, 0.1) is 0 Å². The first kappa shape index (κ1) is 25.3. The molecule has 0 radical (unpaired) electrons. The summed E-state index contributed by atoms with van der Waals surface area (Å²) in [5.74, 6) is -0.314. The lowest BCUT2D eigenvalue weighted by Crippen LogP contribution is -2.55. The molecule has 0 saturated carbocycles. The largest absolute Gasteiger partial charge is 0.445 e. The molecule has 1 rings (SSSR count). The van der Waals surface area contributed by atoms with Gasteiger partial charge in [-0.2, -0.15) is 12.6 Å². The fourth-order valence-electron chi connectivity index (χ4n) is 2.61. The molecule has 7 nitrogen and oxygen atoms in total. The number of amides is 2. The molecule has 0 unspecified atom stereocenters. The first-order chi connectivity index (χ1) is 13.8. The van der Waals surface area contributed by atoms with Gasteiger partial charge in [-0.15, -0.1) is 0 Å². The van der Waals surface area contributed by atoms with Crippen molar-refractivity contribution < 1.29 is 23.8 Å². The third kappa shape index (κ3) is 10.5. The molecule has 0 bridgehead atoms. The van der Waals surface area contributed by atoms with E-state index in [0.29, 0.717) is 32.6 Å². The Morgan fingerprint density at radius 3 is 2.28 bits per heavy atom. The second-order valence-electron chi connectivity index (χ2n) is 7.07. The monoisotopic (exact) mass is 426 g/mol. The normalized spacial score (nSPS) is 12.5. The van der Waals surface area contributed by atoms with Crippen molar-refractivity contribution in [3.8, 4) is 0 Å². The highest BCUT2D eigenvalue weighted by Gasteiger charge is 2.34. The molecule has 0 fully saturated rings. The van der Waals surface area contributed by atoms with Crippen LogP contribution in [0.3, 0.4) is 0 Å². The maximum Gasteiger partial charge on any atom is 0.408 e. The van der Waals surface area contributed by atoms with Crippen LogP contribution in [0, 0.1) is 0 Å². The summed E-state index contributed by atoms with van der Waals surface area (Å²) in [6.07, 6.45) is 0.423. The van der Waals surface area contributed by atoms with Crippen LogP contribution in [-0.4, -0.2) is 48.8 Å². The average Bonchev–Trinajstić information content (AvgIpc) is 2.68. The molecular formula is C21H34N2O5S. The Labute approximate surface area is 179 Å². The Morgan fingerprint density at radius 2 is 1.72 bits per heavy atom. The highest BCUT2D eigenvalue weighted by Crippen LogP contribution is 2.18. The van der Waals surface area contributed by atoms with Crippen LogP contribution in [0.25, 0.3) is 0 Å². The number of hydrogen-bond acceptors (Lipinski definition) is 6. The highest BCUT2D eigenvalue weighted by molar-refractivity contribution is 7.81. The summed E-state index contributed by atoms with van der Waals surface area (Å²) in [5, 5.41) is 5.46. The topological polar surface area (TPSA) is 85.9 Å². The van der Waals surface area contributed by atoms with E-state index in [2.05, 4.69) is 23.3 Å². The lowest BCUT2D eigenvalue weighted by Gasteiger charge is -2.29. The van der Waals surface area contributed by atoms with Crippen molar-refractivity contribution in [1.29, 1.82) is 0 Å². The van der Waals surface area contributed by atoms with Crippen molar-refractivity contribution in [3.05, 3.63) is 35.9 Å². The minimum absolute atomic E-state index is 0.129. The standard InChI is InChI=1S/C21H34N2O5S/c1-5-26-17(27-6-2)13-10-14-22-19(24)18(21(3,4)29)23-20(25)28-15-16-11-8-7-9-12-16/h7-9,11-12,17-18,29H,5-6,10,13-15H2,1-4H3,(H,22,24)(H,23,25)/t18-/m1/s1. The van der Waals surface area contributed by atoms with Gasteiger partial charge >= 0.3 is 6.09 Å². The molecular weight excluding hydrogens is 392 g/mol. The highest BCUT2D eigenvalue weighted by atomic mass is 32.1. The van der Waals surface area contributed by atoms with E-state index in [1.54, 1.807) is 13.8 Å². The smallest absolute Gasteiger partial charge is 0.408 e. The predicted molar refractivity (Wildman–Crippen MR) is 116 cm³/mol. The van der Waals surface area contributed by atoms with Crippen molar-refractivity contribution in [3.63, 3.8) is 0 Å². The van der Waals surface area contributed by atoms with Gasteiger partial charge in [0.15, 0.2) is 6.29 Å². The van der Waals surface area contributed by atoms with E-state index < -0.39 is 16.9 Å². The van der Waals surface area contributed by atoms with Crippen molar-refractivity contribution in [1.82, 2.24) is 10.6 Å². The number of carbonyl (C=O) groups excluding carboxylic acids is 2. The summed E-state index contributed by atoms with van der Waals surface area (Å²) in [4.78, 5) is 24.8. The molecule has 0 aromatic heterocycles. The van der Waals surface area contributed by atoms with Crippen molar-refractivity contribution in [2.75, 3.05) is 19.8 Å². The molecule has 0 heterocycles. The van der Waals surface area contributed by atoms with Crippen molar-refractivity contribution >= 4 is 24.6 Å². The molecule has 0 spiro atoms. The van der Waals surface area contributed by atoms with E-state index in [0.717, 1.165) is 5.56 Å². The maximum absolute atomic E-state index is 12.6. The summed E-state index contributed by atoms with van der Waals surface area (Å²) in [7, 11) is 0. The Kier molecular flexibility index (Phi) is 11.7. The first-order valence-corrected chi connectivity index (χ1v) is 10.4. The van der Waals surface area contributed by atoms with Gasteiger partial charge in [0, 0.05) is 30.9 Å². The van der Waals surface area contributed by atoms with Gasteiger partial charge in [0.25, 0.3) is 0 Å². The average molecular weight is 427 g/mol. The number of carbonyl (C=O) groups is 2. The third-order valence-corrected chi connectivity index (χ3v) is 4.32. The fourth-order valence-corrected chi connectivity index (χ4v) is 2.80. The van der Waals surface area contributed by atoms with E-state index in [-0.39, 0.29) is 18.8 Å². The predicted octanol–water partition coefficient (Wildman–Crippen LogP) is 3.29. The number of thiol groups is 1. The van der Waals surface area contributed by atoms with Gasteiger partial charge in [0.2, 0.25) is 5.91 Å². The number of rotatable bonds is 13. The van der Waals surface area contributed by atoms with Crippen LogP contribution in [0.2, 0.25) is 0 Å². The van der Waals surface area contributed by atoms with Crippen LogP contribution >= 0.6 is 12.6 Å².